The SMILES string of the molecule is Cn1cc(-c2ccc(S(C)(=O)=O)cc2)c(C2CCC(F)(F)CC2C(=O)NC2(C#N)CC2)n1. The number of hydrogen-bond donors (Lipinski definition) is 1. The van der Waals surface area contributed by atoms with Crippen molar-refractivity contribution in [2.45, 2.75) is 54.4 Å². The molecule has 1 aromatic carbocycles. The topological polar surface area (TPSA) is 105 Å². The molecule has 170 valence electrons. The maximum Gasteiger partial charge on any atom is 0.249 e. The van der Waals surface area contributed by atoms with Crippen LogP contribution in [0.1, 0.15) is 43.7 Å². The number of hydrogen-bond acceptors (Lipinski definition) is 5. The minimum absolute atomic E-state index is 0.0794. The fourth-order valence-electron chi connectivity index (χ4n) is 4.34. The van der Waals surface area contributed by atoms with Gasteiger partial charge in [0.25, 0.3) is 0 Å². The van der Waals surface area contributed by atoms with Crippen LogP contribution in [0.3, 0.4) is 0 Å². The summed E-state index contributed by atoms with van der Waals surface area (Å²) in [5, 5.41) is 16.5. The van der Waals surface area contributed by atoms with Crippen molar-refractivity contribution in [2.75, 3.05) is 6.26 Å². The molecule has 2 aliphatic carbocycles. The predicted molar refractivity (Wildman–Crippen MR) is 113 cm³/mol. The Morgan fingerprint density at radius 1 is 1.25 bits per heavy atom. The van der Waals surface area contributed by atoms with Crippen molar-refractivity contribution in [2.24, 2.45) is 13.0 Å². The van der Waals surface area contributed by atoms with Gasteiger partial charge in [0.15, 0.2) is 9.84 Å². The highest BCUT2D eigenvalue weighted by Gasteiger charge is 2.50. The molecule has 1 amide bonds. The van der Waals surface area contributed by atoms with Crippen molar-refractivity contribution in [3.63, 3.8) is 0 Å². The number of alkyl halides is 2. The van der Waals surface area contributed by atoms with Crippen LogP contribution in [0, 0.1) is 17.2 Å². The van der Waals surface area contributed by atoms with Crippen molar-refractivity contribution < 1.29 is 22.0 Å². The second kappa shape index (κ2) is 7.66. The van der Waals surface area contributed by atoms with E-state index < -0.39 is 45.5 Å². The number of nitriles is 1. The number of benzene rings is 1. The molecule has 4 rings (SSSR count). The van der Waals surface area contributed by atoms with E-state index >= 15 is 0 Å². The maximum atomic E-state index is 14.3. The number of aromatic nitrogens is 2. The van der Waals surface area contributed by atoms with E-state index in [2.05, 4.69) is 16.5 Å². The summed E-state index contributed by atoms with van der Waals surface area (Å²) in [4.78, 5) is 13.2. The molecule has 0 bridgehead atoms. The second-order valence-corrected chi connectivity index (χ2v) is 10.9. The van der Waals surface area contributed by atoms with Crippen molar-refractivity contribution in [3.05, 3.63) is 36.2 Å². The first-order valence-corrected chi connectivity index (χ1v) is 12.3. The summed E-state index contributed by atoms with van der Waals surface area (Å²) in [7, 11) is -1.65. The van der Waals surface area contributed by atoms with Gasteiger partial charge in [-0.15, -0.1) is 0 Å². The number of nitrogens with zero attached hydrogens (tertiary/aromatic N) is 3. The van der Waals surface area contributed by atoms with Gasteiger partial charge in [0.1, 0.15) is 5.54 Å². The zero-order valence-electron chi connectivity index (χ0n) is 17.8. The molecule has 10 heteroatoms. The van der Waals surface area contributed by atoms with Gasteiger partial charge < -0.3 is 5.32 Å². The number of nitrogens with one attached hydrogen (secondary N) is 1. The van der Waals surface area contributed by atoms with Gasteiger partial charge in [0, 0.05) is 43.8 Å². The first kappa shape index (κ1) is 22.4. The molecule has 1 aromatic heterocycles. The van der Waals surface area contributed by atoms with Crippen LogP contribution in [0.4, 0.5) is 8.78 Å². The number of carbonyl (C=O) groups excluding carboxylic acids is 1. The van der Waals surface area contributed by atoms with Crippen molar-refractivity contribution >= 4 is 15.7 Å². The summed E-state index contributed by atoms with van der Waals surface area (Å²) in [5.41, 5.74) is 0.940. The van der Waals surface area contributed by atoms with E-state index in [1.54, 1.807) is 30.1 Å². The summed E-state index contributed by atoms with van der Waals surface area (Å²) in [6.45, 7) is 0. The van der Waals surface area contributed by atoms with Gasteiger partial charge in [-0.2, -0.15) is 10.4 Å². The van der Waals surface area contributed by atoms with Gasteiger partial charge in [-0.3, -0.25) is 9.48 Å². The van der Waals surface area contributed by atoms with Crippen molar-refractivity contribution in [1.29, 1.82) is 5.26 Å². The third-order valence-corrected chi connectivity index (χ3v) is 7.42. The van der Waals surface area contributed by atoms with Gasteiger partial charge in [-0.05, 0) is 37.0 Å². The molecule has 1 N–H and O–H groups in total. The lowest BCUT2D eigenvalue weighted by Crippen LogP contribution is -2.45. The Morgan fingerprint density at radius 2 is 1.91 bits per heavy atom. The molecule has 32 heavy (non-hydrogen) atoms. The third kappa shape index (κ3) is 4.39. The van der Waals surface area contributed by atoms with E-state index in [9.17, 15) is 27.3 Å². The minimum Gasteiger partial charge on any atom is -0.338 e. The third-order valence-electron chi connectivity index (χ3n) is 6.29. The molecule has 2 saturated carbocycles. The van der Waals surface area contributed by atoms with E-state index in [1.807, 2.05) is 0 Å². The summed E-state index contributed by atoms with van der Waals surface area (Å²) in [6, 6.07) is 8.35. The highest BCUT2D eigenvalue weighted by molar-refractivity contribution is 7.90. The lowest BCUT2D eigenvalue weighted by Gasteiger charge is -2.35. The zero-order valence-corrected chi connectivity index (χ0v) is 18.6. The molecule has 1 heterocycles. The Kier molecular flexibility index (Phi) is 5.36. The van der Waals surface area contributed by atoms with Crippen LogP contribution in [-0.4, -0.2) is 41.8 Å². The Morgan fingerprint density at radius 3 is 2.47 bits per heavy atom. The van der Waals surface area contributed by atoms with Crippen LogP contribution in [-0.2, 0) is 21.7 Å². The average Bonchev–Trinajstić information content (AvgIpc) is 3.39. The molecule has 2 aliphatic rings. The van der Waals surface area contributed by atoms with E-state index in [1.165, 1.54) is 12.1 Å². The summed E-state index contributed by atoms with van der Waals surface area (Å²) >= 11 is 0. The van der Waals surface area contributed by atoms with Gasteiger partial charge in [-0.1, -0.05) is 12.1 Å². The number of amides is 1. The predicted octanol–water partition coefficient (Wildman–Crippen LogP) is 3.18. The number of halogens is 2. The van der Waals surface area contributed by atoms with Gasteiger partial charge in [0.05, 0.1) is 22.6 Å². The molecule has 0 saturated heterocycles. The van der Waals surface area contributed by atoms with Crippen LogP contribution in [0.25, 0.3) is 11.1 Å². The molecular weight excluding hydrogens is 438 g/mol. The molecule has 2 atom stereocenters. The Balaban J connectivity index is 1.70. The van der Waals surface area contributed by atoms with Gasteiger partial charge >= 0.3 is 0 Å². The van der Waals surface area contributed by atoms with E-state index in [0.717, 1.165) is 6.26 Å². The minimum atomic E-state index is -3.36. The fourth-order valence-corrected chi connectivity index (χ4v) is 4.97. The quantitative estimate of drug-likeness (QED) is 0.735. The van der Waals surface area contributed by atoms with Crippen LogP contribution in [0.2, 0.25) is 0 Å². The normalized spacial score (nSPS) is 23.8. The van der Waals surface area contributed by atoms with E-state index in [-0.39, 0.29) is 17.7 Å². The first-order chi connectivity index (χ1) is 14.9. The summed E-state index contributed by atoms with van der Waals surface area (Å²) < 4.78 is 53.7. The largest absolute Gasteiger partial charge is 0.338 e. The van der Waals surface area contributed by atoms with E-state index in [0.29, 0.717) is 29.7 Å². The van der Waals surface area contributed by atoms with Crippen LogP contribution < -0.4 is 5.32 Å². The molecule has 2 aromatic rings. The zero-order chi connectivity index (χ0) is 23.3. The monoisotopic (exact) mass is 462 g/mol. The lowest BCUT2D eigenvalue weighted by atomic mass is 9.74. The Bertz CT molecular complexity index is 1190. The Hall–Kier alpha value is -2.80. The number of carbonyl (C=O) groups is 1. The van der Waals surface area contributed by atoms with Gasteiger partial charge in [0.2, 0.25) is 11.8 Å². The maximum absolute atomic E-state index is 14.3. The molecule has 2 unspecified atom stereocenters. The molecule has 0 radical (unpaired) electrons. The molecule has 7 nitrogen and oxygen atoms in total. The molecule has 2 fully saturated rings. The first-order valence-electron chi connectivity index (χ1n) is 10.4. The van der Waals surface area contributed by atoms with Crippen LogP contribution in [0.5, 0.6) is 0 Å². The number of rotatable bonds is 5. The highest BCUT2D eigenvalue weighted by Crippen LogP contribution is 2.47. The highest BCUT2D eigenvalue weighted by atomic mass is 32.2. The molecular formula is C22H24F2N4O3S. The van der Waals surface area contributed by atoms with Crippen molar-refractivity contribution in [3.8, 4) is 17.2 Å². The standard InChI is InChI=1S/C22H24F2N4O3S/c1-28-12-18(14-3-5-15(6-4-14)32(2,30)31)19(27-28)16-7-8-22(23,24)11-17(16)20(29)26-21(13-25)9-10-21/h3-6,12,16-17H,7-11H2,1-2H3,(H,26,29). The number of aryl methyl sites for hydroxylation is 1. The average molecular weight is 463 g/mol. The van der Waals surface area contributed by atoms with Crippen molar-refractivity contribution in [1.82, 2.24) is 15.1 Å². The molecule has 0 spiro atoms. The van der Waals surface area contributed by atoms with E-state index in [4.69, 9.17) is 0 Å². The summed E-state index contributed by atoms with van der Waals surface area (Å²) in [5.74, 6) is -5.07. The lowest BCUT2D eigenvalue weighted by molar-refractivity contribution is -0.134. The number of sulfone groups is 1. The smallest absolute Gasteiger partial charge is 0.249 e. The van der Waals surface area contributed by atoms with Crippen LogP contribution >= 0.6 is 0 Å². The summed E-state index contributed by atoms with van der Waals surface area (Å²) in [6.07, 6.45) is 3.02. The molecule has 0 aliphatic heterocycles. The second-order valence-electron chi connectivity index (χ2n) is 8.89. The van der Waals surface area contributed by atoms with Crippen LogP contribution in [0.15, 0.2) is 35.4 Å². The fraction of sp³-hybridized carbons (Fsp3) is 0.500. The van der Waals surface area contributed by atoms with Gasteiger partial charge in [-0.25, -0.2) is 17.2 Å². The Labute approximate surface area is 185 Å².